The standard InChI is InChI=1S/C19H19N3O4/c1-12(13-5-4-6-15(9-13)22(24)25)21(2)19(23)18-10-14-7-8-16(26-3)11-17(14)20-18/h4-12,20H,1-3H3. The quantitative estimate of drug-likeness (QED) is 0.556. The van der Waals surface area contributed by atoms with Crippen LogP contribution < -0.4 is 4.74 Å². The number of carbonyl (C=O) groups excluding carboxylic acids is 1. The van der Waals surface area contributed by atoms with Gasteiger partial charge in [-0.2, -0.15) is 0 Å². The minimum absolute atomic E-state index is 0.00732. The number of aromatic nitrogens is 1. The van der Waals surface area contributed by atoms with Crippen LogP contribution in [0.4, 0.5) is 5.69 Å². The molecule has 1 aromatic heterocycles. The predicted octanol–water partition coefficient (Wildman–Crippen LogP) is 3.92. The highest BCUT2D eigenvalue weighted by molar-refractivity contribution is 5.98. The van der Waals surface area contributed by atoms with Crippen LogP contribution >= 0.6 is 0 Å². The van der Waals surface area contributed by atoms with Gasteiger partial charge < -0.3 is 14.6 Å². The highest BCUT2D eigenvalue weighted by Crippen LogP contribution is 2.26. The Hall–Kier alpha value is -3.35. The van der Waals surface area contributed by atoms with Crippen LogP contribution in [0.3, 0.4) is 0 Å². The van der Waals surface area contributed by atoms with E-state index < -0.39 is 4.92 Å². The molecule has 0 aliphatic heterocycles. The summed E-state index contributed by atoms with van der Waals surface area (Å²) in [6.07, 6.45) is 0. The maximum absolute atomic E-state index is 12.8. The molecule has 0 saturated heterocycles. The summed E-state index contributed by atoms with van der Waals surface area (Å²) < 4.78 is 5.20. The number of nitro benzene ring substituents is 1. The first-order valence-electron chi connectivity index (χ1n) is 8.09. The maximum atomic E-state index is 12.8. The van der Waals surface area contributed by atoms with Crippen molar-refractivity contribution < 1.29 is 14.5 Å². The Morgan fingerprint density at radius 2 is 2.00 bits per heavy atom. The zero-order valence-electron chi connectivity index (χ0n) is 14.7. The second kappa shape index (κ2) is 6.87. The lowest BCUT2D eigenvalue weighted by atomic mass is 10.1. The van der Waals surface area contributed by atoms with Gasteiger partial charge >= 0.3 is 0 Å². The maximum Gasteiger partial charge on any atom is 0.270 e. The lowest BCUT2D eigenvalue weighted by Gasteiger charge is -2.24. The fraction of sp³-hybridized carbons (Fsp3) is 0.211. The number of non-ortho nitro benzene ring substituents is 1. The number of carbonyl (C=O) groups is 1. The molecule has 2 aromatic carbocycles. The minimum Gasteiger partial charge on any atom is -0.497 e. The molecule has 0 spiro atoms. The van der Waals surface area contributed by atoms with Gasteiger partial charge in [-0.25, -0.2) is 0 Å². The van der Waals surface area contributed by atoms with E-state index in [1.54, 1.807) is 37.3 Å². The number of fused-ring (bicyclic) bond motifs is 1. The Morgan fingerprint density at radius 1 is 1.23 bits per heavy atom. The monoisotopic (exact) mass is 353 g/mol. The normalized spacial score (nSPS) is 12.0. The number of methoxy groups -OCH3 is 1. The van der Waals surface area contributed by atoms with Crippen molar-refractivity contribution in [2.45, 2.75) is 13.0 Å². The number of nitrogens with zero attached hydrogens (tertiary/aromatic N) is 2. The molecule has 1 unspecified atom stereocenters. The van der Waals surface area contributed by atoms with Crippen LogP contribution in [0, 0.1) is 10.1 Å². The first-order valence-corrected chi connectivity index (χ1v) is 8.09. The molecule has 0 aliphatic carbocycles. The highest BCUT2D eigenvalue weighted by atomic mass is 16.6. The van der Waals surface area contributed by atoms with Crippen molar-refractivity contribution in [1.29, 1.82) is 0 Å². The van der Waals surface area contributed by atoms with Crippen molar-refractivity contribution in [1.82, 2.24) is 9.88 Å². The van der Waals surface area contributed by atoms with Crippen LogP contribution in [-0.2, 0) is 0 Å². The molecule has 0 aliphatic rings. The number of H-pyrrole nitrogens is 1. The Kier molecular flexibility index (Phi) is 4.62. The van der Waals surface area contributed by atoms with Gasteiger partial charge in [0, 0.05) is 36.1 Å². The first-order chi connectivity index (χ1) is 12.4. The van der Waals surface area contributed by atoms with Gasteiger partial charge in [0.25, 0.3) is 11.6 Å². The van der Waals surface area contributed by atoms with Gasteiger partial charge in [0.05, 0.1) is 18.1 Å². The van der Waals surface area contributed by atoms with Crippen molar-refractivity contribution in [3.63, 3.8) is 0 Å². The number of aromatic amines is 1. The molecule has 7 heteroatoms. The molecule has 0 bridgehead atoms. The largest absolute Gasteiger partial charge is 0.497 e. The van der Waals surface area contributed by atoms with Crippen LogP contribution in [0.25, 0.3) is 10.9 Å². The first kappa shape index (κ1) is 17.5. The molecule has 0 saturated carbocycles. The van der Waals surface area contributed by atoms with Crippen LogP contribution in [0.5, 0.6) is 5.75 Å². The van der Waals surface area contributed by atoms with Gasteiger partial charge in [-0.15, -0.1) is 0 Å². The summed E-state index contributed by atoms with van der Waals surface area (Å²) in [5.74, 6) is 0.510. The van der Waals surface area contributed by atoms with E-state index in [1.165, 1.54) is 12.1 Å². The fourth-order valence-electron chi connectivity index (χ4n) is 2.84. The topological polar surface area (TPSA) is 88.5 Å². The number of hydrogen-bond acceptors (Lipinski definition) is 4. The molecule has 3 rings (SSSR count). The summed E-state index contributed by atoms with van der Waals surface area (Å²) in [6.45, 7) is 1.84. The third kappa shape index (κ3) is 3.23. The minimum atomic E-state index is -0.441. The summed E-state index contributed by atoms with van der Waals surface area (Å²) in [7, 11) is 3.27. The smallest absolute Gasteiger partial charge is 0.270 e. The molecular formula is C19H19N3O4. The molecule has 1 N–H and O–H groups in total. The van der Waals surface area contributed by atoms with Crippen molar-refractivity contribution in [2.75, 3.05) is 14.2 Å². The van der Waals surface area contributed by atoms with Gasteiger partial charge in [0.15, 0.2) is 0 Å². The van der Waals surface area contributed by atoms with E-state index in [9.17, 15) is 14.9 Å². The molecule has 0 fully saturated rings. The molecule has 1 heterocycles. The van der Waals surface area contributed by atoms with Crippen LogP contribution in [-0.4, -0.2) is 34.9 Å². The Labute approximate surface area is 150 Å². The SMILES string of the molecule is COc1ccc2cc(C(=O)N(C)C(C)c3cccc([N+](=O)[O-])c3)[nH]c2c1. The summed E-state index contributed by atoms with van der Waals surface area (Å²) in [4.78, 5) is 28.0. The Balaban J connectivity index is 1.87. The van der Waals surface area contributed by atoms with Crippen LogP contribution in [0.15, 0.2) is 48.5 Å². The summed E-state index contributed by atoms with van der Waals surface area (Å²) in [5, 5.41) is 11.9. The van der Waals surface area contributed by atoms with E-state index in [-0.39, 0.29) is 17.6 Å². The highest BCUT2D eigenvalue weighted by Gasteiger charge is 2.22. The molecule has 134 valence electrons. The molecule has 7 nitrogen and oxygen atoms in total. The van der Waals surface area contributed by atoms with E-state index in [0.29, 0.717) is 17.0 Å². The third-order valence-electron chi connectivity index (χ3n) is 4.52. The van der Waals surface area contributed by atoms with E-state index in [0.717, 1.165) is 10.9 Å². The number of ether oxygens (including phenoxy) is 1. The number of rotatable bonds is 5. The molecule has 1 amide bonds. The lowest BCUT2D eigenvalue weighted by molar-refractivity contribution is -0.384. The summed E-state index contributed by atoms with van der Waals surface area (Å²) >= 11 is 0. The van der Waals surface area contributed by atoms with E-state index in [2.05, 4.69) is 4.98 Å². The molecule has 3 aromatic rings. The van der Waals surface area contributed by atoms with Crippen molar-refractivity contribution in [2.24, 2.45) is 0 Å². The molecule has 0 radical (unpaired) electrons. The van der Waals surface area contributed by atoms with E-state index >= 15 is 0 Å². The van der Waals surface area contributed by atoms with E-state index in [1.807, 2.05) is 25.1 Å². The lowest BCUT2D eigenvalue weighted by Crippen LogP contribution is -2.29. The van der Waals surface area contributed by atoms with Gasteiger partial charge in [-0.05, 0) is 30.7 Å². The molecular weight excluding hydrogens is 334 g/mol. The average Bonchev–Trinajstić information content (AvgIpc) is 3.09. The summed E-state index contributed by atoms with van der Waals surface area (Å²) in [5.41, 5.74) is 1.97. The Morgan fingerprint density at radius 3 is 2.69 bits per heavy atom. The third-order valence-corrected chi connectivity index (χ3v) is 4.52. The van der Waals surface area contributed by atoms with Crippen molar-refractivity contribution in [3.05, 3.63) is 69.9 Å². The van der Waals surface area contributed by atoms with Crippen LogP contribution in [0.2, 0.25) is 0 Å². The second-order valence-electron chi connectivity index (χ2n) is 6.08. The predicted molar refractivity (Wildman–Crippen MR) is 98.5 cm³/mol. The van der Waals surface area contributed by atoms with Gasteiger partial charge in [0.2, 0.25) is 0 Å². The van der Waals surface area contributed by atoms with Gasteiger partial charge in [0.1, 0.15) is 11.4 Å². The number of amides is 1. The number of benzene rings is 2. The average molecular weight is 353 g/mol. The fourth-order valence-corrected chi connectivity index (χ4v) is 2.84. The number of hydrogen-bond donors (Lipinski definition) is 1. The Bertz CT molecular complexity index is 980. The molecule has 26 heavy (non-hydrogen) atoms. The van der Waals surface area contributed by atoms with Crippen molar-refractivity contribution in [3.8, 4) is 5.75 Å². The zero-order chi connectivity index (χ0) is 18.8. The summed E-state index contributed by atoms with van der Waals surface area (Å²) in [6, 6.07) is 13.3. The van der Waals surface area contributed by atoms with E-state index in [4.69, 9.17) is 4.74 Å². The number of nitro groups is 1. The number of nitrogens with one attached hydrogen (secondary N) is 1. The van der Waals surface area contributed by atoms with Gasteiger partial charge in [-0.1, -0.05) is 12.1 Å². The molecule has 1 atom stereocenters. The van der Waals surface area contributed by atoms with Crippen molar-refractivity contribution >= 4 is 22.5 Å². The zero-order valence-corrected chi connectivity index (χ0v) is 14.7. The second-order valence-corrected chi connectivity index (χ2v) is 6.08. The van der Waals surface area contributed by atoms with Crippen LogP contribution in [0.1, 0.15) is 29.0 Å². The van der Waals surface area contributed by atoms with Gasteiger partial charge in [-0.3, -0.25) is 14.9 Å².